The molecule has 1 unspecified atom stereocenters. The van der Waals surface area contributed by atoms with Crippen molar-refractivity contribution < 1.29 is 14.6 Å². The lowest BCUT2D eigenvalue weighted by molar-refractivity contribution is 0.0575. The Balaban J connectivity index is 2.13. The molecule has 1 aromatic rings. The van der Waals surface area contributed by atoms with Crippen LogP contribution in [0.5, 0.6) is 0 Å². The lowest BCUT2D eigenvalue weighted by Gasteiger charge is -2.28. The number of nitrogen functional groups attached to an aromatic ring is 1. The molecule has 1 aliphatic heterocycles. The van der Waals surface area contributed by atoms with Crippen molar-refractivity contribution in [2.75, 3.05) is 37.4 Å². The summed E-state index contributed by atoms with van der Waals surface area (Å²) < 4.78 is 5.43. The molecule has 2 rings (SSSR count). The smallest absolute Gasteiger partial charge is 0.339 e. The third-order valence-corrected chi connectivity index (χ3v) is 3.27. The van der Waals surface area contributed by atoms with E-state index in [0.29, 0.717) is 17.4 Å². The average Bonchev–Trinajstić information content (AvgIpc) is 2.39. The number of anilines is 2. The highest BCUT2D eigenvalue weighted by Gasteiger charge is 2.20. The number of nitrogens with zero attached hydrogens (tertiary/aromatic N) is 2. The van der Waals surface area contributed by atoms with Crippen molar-refractivity contribution in [2.24, 2.45) is 5.92 Å². The molecule has 0 bridgehead atoms. The number of hydrogen-bond acceptors (Lipinski definition) is 5. The lowest BCUT2D eigenvalue weighted by Crippen LogP contribution is -2.32. The maximum absolute atomic E-state index is 11.2. The van der Waals surface area contributed by atoms with Crippen LogP contribution in [0.3, 0.4) is 0 Å². The Morgan fingerprint density at radius 3 is 3.11 bits per heavy atom. The van der Waals surface area contributed by atoms with E-state index in [4.69, 9.17) is 10.5 Å². The average molecular weight is 265 g/mol. The van der Waals surface area contributed by atoms with Gasteiger partial charge in [-0.3, -0.25) is 0 Å². The second kappa shape index (κ2) is 5.88. The fraction of sp³-hybridized carbons (Fsp3) is 0.538. The zero-order valence-electron chi connectivity index (χ0n) is 11.0. The molecule has 0 spiro atoms. The van der Waals surface area contributed by atoms with Crippen LogP contribution in [0.25, 0.3) is 0 Å². The third-order valence-electron chi connectivity index (χ3n) is 3.27. The minimum absolute atomic E-state index is 0.138. The molecule has 2 heterocycles. The lowest BCUT2D eigenvalue weighted by atomic mass is 10.0. The van der Waals surface area contributed by atoms with Crippen molar-refractivity contribution >= 4 is 17.5 Å². The highest BCUT2D eigenvalue weighted by Crippen LogP contribution is 2.22. The second-order valence-electron chi connectivity index (χ2n) is 4.91. The van der Waals surface area contributed by atoms with Gasteiger partial charge in [0.05, 0.1) is 18.5 Å². The Morgan fingerprint density at radius 1 is 1.68 bits per heavy atom. The van der Waals surface area contributed by atoms with Crippen LogP contribution in [-0.4, -0.2) is 42.9 Å². The van der Waals surface area contributed by atoms with E-state index >= 15 is 0 Å². The first kappa shape index (κ1) is 13.6. The van der Waals surface area contributed by atoms with Crippen LogP contribution in [0.2, 0.25) is 0 Å². The van der Waals surface area contributed by atoms with Crippen LogP contribution >= 0.6 is 0 Å². The molecule has 0 saturated carbocycles. The van der Waals surface area contributed by atoms with Crippen molar-refractivity contribution in [2.45, 2.75) is 12.8 Å². The molecule has 1 aromatic heterocycles. The van der Waals surface area contributed by atoms with Gasteiger partial charge in [-0.05, 0) is 24.8 Å². The summed E-state index contributed by atoms with van der Waals surface area (Å²) in [6.45, 7) is 2.28. The molecule has 6 heteroatoms. The number of nitrogens with two attached hydrogens (primary N) is 1. The summed E-state index contributed by atoms with van der Waals surface area (Å²) in [6.07, 6.45) is 3.64. The summed E-state index contributed by atoms with van der Waals surface area (Å²) in [5, 5.41) is 9.20. The van der Waals surface area contributed by atoms with Gasteiger partial charge in [-0.15, -0.1) is 0 Å². The second-order valence-corrected chi connectivity index (χ2v) is 4.91. The number of carbonyl (C=O) groups is 1. The Labute approximate surface area is 112 Å². The maximum atomic E-state index is 11.2. The molecule has 6 nitrogen and oxygen atoms in total. The number of aromatic carboxylic acids is 1. The molecule has 0 aliphatic carbocycles. The minimum atomic E-state index is -1.01. The summed E-state index contributed by atoms with van der Waals surface area (Å²) in [4.78, 5) is 17.2. The van der Waals surface area contributed by atoms with Crippen molar-refractivity contribution in [1.29, 1.82) is 0 Å². The van der Waals surface area contributed by atoms with Crippen LogP contribution in [0.4, 0.5) is 11.5 Å². The zero-order chi connectivity index (χ0) is 13.8. The molecule has 0 amide bonds. The van der Waals surface area contributed by atoms with Crippen LogP contribution in [0, 0.1) is 5.92 Å². The van der Waals surface area contributed by atoms with Gasteiger partial charge >= 0.3 is 5.97 Å². The van der Waals surface area contributed by atoms with Crippen molar-refractivity contribution in [1.82, 2.24) is 4.98 Å². The van der Waals surface area contributed by atoms with Gasteiger partial charge < -0.3 is 20.5 Å². The predicted molar refractivity (Wildman–Crippen MR) is 72.4 cm³/mol. The summed E-state index contributed by atoms with van der Waals surface area (Å²) in [5.74, 6) is -0.145. The Hall–Kier alpha value is -1.82. The highest BCUT2D eigenvalue weighted by atomic mass is 16.5. The fourth-order valence-electron chi connectivity index (χ4n) is 2.36. The van der Waals surface area contributed by atoms with Crippen molar-refractivity contribution in [3.63, 3.8) is 0 Å². The number of aromatic nitrogens is 1. The van der Waals surface area contributed by atoms with Gasteiger partial charge in [0.1, 0.15) is 11.4 Å². The molecule has 0 aromatic carbocycles. The molecule has 0 radical (unpaired) electrons. The standard InChI is InChI=1S/C13H19N3O3/c1-16(7-9-3-2-4-19-8-9)12-11(13(17)18)5-10(14)6-15-12/h5-6,9H,2-4,7-8,14H2,1H3,(H,17,18). The van der Waals surface area contributed by atoms with E-state index in [1.54, 1.807) is 0 Å². The molecule has 19 heavy (non-hydrogen) atoms. The minimum Gasteiger partial charge on any atom is -0.478 e. The number of rotatable bonds is 4. The number of hydrogen-bond donors (Lipinski definition) is 2. The third kappa shape index (κ3) is 3.35. The van der Waals surface area contributed by atoms with E-state index in [-0.39, 0.29) is 5.56 Å². The molecular formula is C13H19N3O3. The summed E-state index contributed by atoms with van der Waals surface area (Å²) >= 11 is 0. The summed E-state index contributed by atoms with van der Waals surface area (Å²) in [7, 11) is 1.85. The van der Waals surface area contributed by atoms with Gasteiger partial charge in [0.15, 0.2) is 0 Å². The molecular weight excluding hydrogens is 246 g/mol. The van der Waals surface area contributed by atoms with Gasteiger partial charge in [0, 0.05) is 20.2 Å². The van der Waals surface area contributed by atoms with Gasteiger partial charge in [-0.2, -0.15) is 0 Å². The van der Waals surface area contributed by atoms with Gasteiger partial charge in [0.25, 0.3) is 0 Å². The fourth-order valence-corrected chi connectivity index (χ4v) is 2.36. The van der Waals surface area contributed by atoms with Gasteiger partial charge in [-0.1, -0.05) is 0 Å². The van der Waals surface area contributed by atoms with Crippen LogP contribution in [0.1, 0.15) is 23.2 Å². The largest absolute Gasteiger partial charge is 0.478 e. The number of pyridine rings is 1. The van der Waals surface area contributed by atoms with E-state index < -0.39 is 5.97 Å². The normalized spacial score (nSPS) is 19.1. The monoisotopic (exact) mass is 265 g/mol. The first-order chi connectivity index (χ1) is 9.08. The Bertz CT molecular complexity index is 458. The first-order valence-electron chi connectivity index (χ1n) is 6.35. The first-order valence-corrected chi connectivity index (χ1v) is 6.35. The molecule has 1 aliphatic rings. The number of ether oxygens (including phenoxy) is 1. The van der Waals surface area contributed by atoms with Crippen LogP contribution in [0.15, 0.2) is 12.3 Å². The maximum Gasteiger partial charge on any atom is 0.339 e. The van der Waals surface area contributed by atoms with Gasteiger partial charge in [-0.25, -0.2) is 9.78 Å². The SMILES string of the molecule is CN(CC1CCCOC1)c1ncc(N)cc1C(=O)O. The molecule has 104 valence electrons. The number of carboxylic acid groups (broad SMARTS) is 1. The molecule has 3 N–H and O–H groups in total. The molecule has 1 fully saturated rings. The van der Waals surface area contributed by atoms with E-state index in [2.05, 4.69) is 4.98 Å². The summed E-state index contributed by atoms with van der Waals surface area (Å²) in [6, 6.07) is 1.44. The van der Waals surface area contributed by atoms with E-state index in [1.165, 1.54) is 12.3 Å². The molecule has 1 atom stereocenters. The van der Waals surface area contributed by atoms with Crippen LogP contribution in [-0.2, 0) is 4.74 Å². The quantitative estimate of drug-likeness (QED) is 0.851. The topological polar surface area (TPSA) is 88.7 Å². The zero-order valence-corrected chi connectivity index (χ0v) is 11.0. The predicted octanol–water partition coefficient (Wildman–Crippen LogP) is 1.22. The van der Waals surface area contributed by atoms with Crippen molar-refractivity contribution in [3.8, 4) is 0 Å². The van der Waals surface area contributed by atoms with Crippen molar-refractivity contribution in [3.05, 3.63) is 17.8 Å². The Kier molecular flexibility index (Phi) is 4.21. The molecule has 1 saturated heterocycles. The van der Waals surface area contributed by atoms with E-state index in [0.717, 1.165) is 32.6 Å². The highest BCUT2D eigenvalue weighted by molar-refractivity contribution is 5.94. The Morgan fingerprint density at radius 2 is 2.47 bits per heavy atom. The summed E-state index contributed by atoms with van der Waals surface area (Å²) in [5.41, 5.74) is 6.08. The van der Waals surface area contributed by atoms with Crippen LogP contribution < -0.4 is 10.6 Å². The van der Waals surface area contributed by atoms with E-state index in [9.17, 15) is 9.90 Å². The number of carboxylic acids is 1. The van der Waals surface area contributed by atoms with E-state index in [1.807, 2.05) is 11.9 Å². The van der Waals surface area contributed by atoms with Gasteiger partial charge in [0.2, 0.25) is 0 Å².